The van der Waals surface area contributed by atoms with E-state index in [0.29, 0.717) is 6.54 Å². The van der Waals surface area contributed by atoms with Gasteiger partial charge in [-0.05, 0) is 25.8 Å². The molecule has 0 radical (unpaired) electrons. The highest BCUT2D eigenvalue weighted by Gasteiger charge is 2.21. The summed E-state index contributed by atoms with van der Waals surface area (Å²) in [5.74, 6) is 0.978. The lowest BCUT2D eigenvalue weighted by Crippen LogP contribution is -2.42. The van der Waals surface area contributed by atoms with Crippen LogP contribution in [-0.4, -0.2) is 25.0 Å². The van der Waals surface area contributed by atoms with Crippen molar-refractivity contribution in [1.82, 2.24) is 10.6 Å². The van der Waals surface area contributed by atoms with Gasteiger partial charge in [0.2, 0.25) is 5.91 Å². The average Bonchev–Trinajstić information content (AvgIpc) is 2.97. The molecule has 0 aromatic carbocycles. The molecular formula is C11H20N2O. The molecule has 0 saturated heterocycles. The molecule has 1 rings (SSSR count). The monoisotopic (exact) mass is 196 g/mol. The van der Waals surface area contributed by atoms with Crippen molar-refractivity contribution in [2.45, 2.75) is 32.2 Å². The summed E-state index contributed by atoms with van der Waals surface area (Å²) in [5, 5.41) is 5.98. The van der Waals surface area contributed by atoms with Crippen molar-refractivity contribution in [2.75, 3.05) is 13.1 Å². The van der Waals surface area contributed by atoms with Crippen LogP contribution in [0.15, 0.2) is 12.7 Å². The van der Waals surface area contributed by atoms with Crippen LogP contribution in [0.4, 0.5) is 0 Å². The second-order valence-corrected chi connectivity index (χ2v) is 3.94. The van der Waals surface area contributed by atoms with E-state index in [9.17, 15) is 4.79 Å². The lowest BCUT2D eigenvalue weighted by molar-refractivity contribution is -0.122. The number of hydrogen-bond donors (Lipinski definition) is 2. The maximum atomic E-state index is 11.4. The van der Waals surface area contributed by atoms with Crippen molar-refractivity contribution in [2.24, 2.45) is 5.92 Å². The van der Waals surface area contributed by atoms with E-state index >= 15 is 0 Å². The van der Waals surface area contributed by atoms with Gasteiger partial charge in [0.1, 0.15) is 0 Å². The van der Waals surface area contributed by atoms with E-state index in [0.717, 1.165) is 12.5 Å². The predicted octanol–water partition coefficient (Wildman–Crippen LogP) is 1.07. The Morgan fingerprint density at radius 2 is 2.36 bits per heavy atom. The minimum atomic E-state index is -0.0892. The topological polar surface area (TPSA) is 41.1 Å². The van der Waals surface area contributed by atoms with Gasteiger partial charge >= 0.3 is 0 Å². The van der Waals surface area contributed by atoms with Gasteiger partial charge in [0, 0.05) is 6.54 Å². The van der Waals surface area contributed by atoms with Crippen LogP contribution in [-0.2, 0) is 4.79 Å². The van der Waals surface area contributed by atoms with E-state index in [-0.39, 0.29) is 11.9 Å². The molecule has 80 valence electrons. The van der Waals surface area contributed by atoms with Crippen molar-refractivity contribution < 1.29 is 4.79 Å². The molecule has 2 N–H and O–H groups in total. The summed E-state index contributed by atoms with van der Waals surface area (Å²) in [5.41, 5.74) is 0. The first-order chi connectivity index (χ1) is 6.74. The number of carbonyl (C=O) groups is 1. The minimum Gasteiger partial charge on any atom is -0.351 e. The molecule has 0 spiro atoms. The molecule has 0 heterocycles. The summed E-state index contributed by atoms with van der Waals surface area (Å²) in [6, 6.07) is -0.0892. The maximum absolute atomic E-state index is 11.4. The Kier molecular flexibility index (Phi) is 4.66. The molecule has 14 heavy (non-hydrogen) atoms. The zero-order valence-corrected chi connectivity index (χ0v) is 8.88. The van der Waals surface area contributed by atoms with Crippen LogP contribution in [0.1, 0.15) is 26.2 Å². The first-order valence-corrected chi connectivity index (χ1v) is 5.36. The highest BCUT2D eigenvalue weighted by atomic mass is 16.2. The normalized spacial score (nSPS) is 17.5. The van der Waals surface area contributed by atoms with E-state index in [2.05, 4.69) is 17.2 Å². The zero-order chi connectivity index (χ0) is 10.4. The molecular weight excluding hydrogens is 176 g/mol. The number of nitrogens with one attached hydrogen (secondary N) is 2. The summed E-state index contributed by atoms with van der Waals surface area (Å²) in [6.45, 7) is 6.95. The fraction of sp³-hybridized carbons (Fsp3) is 0.727. The third-order valence-corrected chi connectivity index (χ3v) is 2.51. The van der Waals surface area contributed by atoms with Crippen molar-refractivity contribution in [3.05, 3.63) is 12.7 Å². The number of carbonyl (C=O) groups excluding carboxylic acids is 1. The quantitative estimate of drug-likeness (QED) is 0.598. The van der Waals surface area contributed by atoms with Gasteiger partial charge < -0.3 is 10.6 Å². The van der Waals surface area contributed by atoms with Crippen molar-refractivity contribution in [3.8, 4) is 0 Å². The summed E-state index contributed by atoms with van der Waals surface area (Å²) >= 11 is 0. The smallest absolute Gasteiger partial charge is 0.237 e. The Bertz CT molecular complexity index is 199. The van der Waals surface area contributed by atoms with Crippen LogP contribution in [0.2, 0.25) is 0 Å². The van der Waals surface area contributed by atoms with Crippen LogP contribution < -0.4 is 10.6 Å². The number of hydrogen-bond acceptors (Lipinski definition) is 2. The standard InChI is InChI=1S/C11H20N2O/c1-3-7-13-11(14)9(2)12-8-6-10-4-5-10/h3,9-10,12H,1,4-8H2,2H3,(H,13,14). The Hall–Kier alpha value is -0.830. The fourth-order valence-electron chi connectivity index (χ4n) is 1.33. The molecule has 3 heteroatoms. The van der Waals surface area contributed by atoms with Gasteiger partial charge in [-0.15, -0.1) is 6.58 Å². The molecule has 1 unspecified atom stereocenters. The Morgan fingerprint density at radius 3 is 2.93 bits per heavy atom. The number of rotatable bonds is 7. The van der Waals surface area contributed by atoms with E-state index in [1.807, 2.05) is 6.92 Å². The van der Waals surface area contributed by atoms with Gasteiger partial charge in [-0.1, -0.05) is 18.9 Å². The molecule has 1 aliphatic carbocycles. The van der Waals surface area contributed by atoms with Gasteiger partial charge in [0.15, 0.2) is 0 Å². The van der Waals surface area contributed by atoms with E-state index in [4.69, 9.17) is 0 Å². The molecule has 3 nitrogen and oxygen atoms in total. The largest absolute Gasteiger partial charge is 0.351 e. The molecule has 1 aliphatic rings. The summed E-state index contributed by atoms with van der Waals surface area (Å²) < 4.78 is 0. The highest BCUT2D eigenvalue weighted by Crippen LogP contribution is 2.31. The molecule has 0 aliphatic heterocycles. The molecule has 1 saturated carbocycles. The summed E-state index contributed by atoms with van der Waals surface area (Å²) in [7, 11) is 0. The third kappa shape index (κ3) is 4.42. The van der Waals surface area contributed by atoms with Crippen molar-refractivity contribution >= 4 is 5.91 Å². The van der Waals surface area contributed by atoms with E-state index in [1.54, 1.807) is 6.08 Å². The van der Waals surface area contributed by atoms with Crippen molar-refractivity contribution in [3.63, 3.8) is 0 Å². The molecule has 0 bridgehead atoms. The number of amides is 1. The average molecular weight is 196 g/mol. The first-order valence-electron chi connectivity index (χ1n) is 5.36. The van der Waals surface area contributed by atoms with Crippen molar-refractivity contribution in [1.29, 1.82) is 0 Å². The molecule has 0 aromatic rings. The minimum absolute atomic E-state index is 0.0562. The Morgan fingerprint density at radius 1 is 1.64 bits per heavy atom. The molecule has 0 aromatic heterocycles. The highest BCUT2D eigenvalue weighted by molar-refractivity contribution is 5.81. The van der Waals surface area contributed by atoms with Crippen LogP contribution >= 0.6 is 0 Å². The molecule has 1 atom stereocenters. The summed E-state index contributed by atoms with van der Waals surface area (Å²) in [6.07, 6.45) is 5.64. The lowest BCUT2D eigenvalue weighted by Gasteiger charge is -2.12. The lowest BCUT2D eigenvalue weighted by atomic mass is 10.2. The Labute approximate surface area is 86.0 Å². The van der Waals surface area contributed by atoms with E-state index < -0.39 is 0 Å². The van der Waals surface area contributed by atoms with Crippen LogP contribution in [0.5, 0.6) is 0 Å². The predicted molar refractivity (Wildman–Crippen MR) is 58.0 cm³/mol. The fourth-order valence-corrected chi connectivity index (χ4v) is 1.33. The van der Waals surface area contributed by atoms with Gasteiger partial charge in [-0.25, -0.2) is 0 Å². The zero-order valence-electron chi connectivity index (χ0n) is 8.88. The maximum Gasteiger partial charge on any atom is 0.237 e. The Balaban J connectivity index is 2.02. The SMILES string of the molecule is C=CCNC(=O)C(C)NCCC1CC1. The molecule has 1 amide bonds. The summed E-state index contributed by atoms with van der Waals surface area (Å²) in [4.78, 5) is 11.4. The van der Waals surface area contributed by atoms with Gasteiger partial charge in [0.25, 0.3) is 0 Å². The van der Waals surface area contributed by atoms with Gasteiger partial charge in [-0.2, -0.15) is 0 Å². The second kappa shape index (κ2) is 5.81. The second-order valence-electron chi connectivity index (χ2n) is 3.94. The van der Waals surface area contributed by atoms with Crippen LogP contribution in [0.25, 0.3) is 0 Å². The van der Waals surface area contributed by atoms with Crippen LogP contribution in [0, 0.1) is 5.92 Å². The first kappa shape index (κ1) is 11.2. The van der Waals surface area contributed by atoms with Gasteiger partial charge in [-0.3, -0.25) is 4.79 Å². The van der Waals surface area contributed by atoms with Crippen LogP contribution in [0.3, 0.4) is 0 Å². The van der Waals surface area contributed by atoms with Gasteiger partial charge in [0.05, 0.1) is 6.04 Å². The third-order valence-electron chi connectivity index (χ3n) is 2.51. The molecule has 1 fully saturated rings. The van der Waals surface area contributed by atoms with E-state index in [1.165, 1.54) is 19.3 Å².